The van der Waals surface area contributed by atoms with Gasteiger partial charge in [0.15, 0.2) is 0 Å². The van der Waals surface area contributed by atoms with Crippen LogP contribution in [0.3, 0.4) is 0 Å². The van der Waals surface area contributed by atoms with Crippen molar-refractivity contribution in [3.8, 4) is 0 Å². The van der Waals surface area contributed by atoms with E-state index in [1.165, 1.54) is 45.1 Å². The number of hydrogen-bond acceptors (Lipinski definition) is 2. The van der Waals surface area contributed by atoms with Crippen LogP contribution in [0.25, 0.3) is 0 Å². The Morgan fingerprint density at radius 1 is 1.24 bits per heavy atom. The Bertz CT molecular complexity index is 243. The van der Waals surface area contributed by atoms with E-state index in [4.69, 9.17) is 5.73 Å². The van der Waals surface area contributed by atoms with Crippen molar-refractivity contribution in [3.05, 3.63) is 0 Å². The van der Waals surface area contributed by atoms with Gasteiger partial charge < -0.3 is 5.73 Å². The summed E-state index contributed by atoms with van der Waals surface area (Å²) in [5.41, 5.74) is 6.40. The third kappa shape index (κ3) is 3.23. The van der Waals surface area contributed by atoms with Crippen molar-refractivity contribution in [2.24, 2.45) is 17.6 Å². The van der Waals surface area contributed by atoms with Crippen LogP contribution in [0, 0.1) is 11.8 Å². The molecule has 0 bridgehead atoms. The van der Waals surface area contributed by atoms with E-state index >= 15 is 0 Å². The molecule has 0 saturated heterocycles. The zero-order valence-electron chi connectivity index (χ0n) is 11.9. The van der Waals surface area contributed by atoms with Gasteiger partial charge in [-0.2, -0.15) is 0 Å². The summed E-state index contributed by atoms with van der Waals surface area (Å²) in [6.45, 7) is 9.12. The van der Waals surface area contributed by atoms with Gasteiger partial charge in [0.1, 0.15) is 0 Å². The molecule has 0 amide bonds. The summed E-state index contributed by atoms with van der Waals surface area (Å²) in [7, 11) is 0. The van der Waals surface area contributed by atoms with Crippen LogP contribution in [0.4, 0.5) is 0 Å². The highest BCUT2D eigenvalue weighted by Crippen LogP contribution is 2.40. The first kappa shape index (κ1) is 13.4. The number of hydrogen-bond donors (Lipinski definition) is 1. The lowest BCUT2D eigenvalue weighted by molar-refractivity contribution is 0.0503. The zero-order chi connectivity index (χ0) is 12.5. The molecular weight excluding hydrogens is 208 g/mol. The van der Waals surface area contributed by atoms with Crippen molar-refractivity contribution >= 4 is 0 Å². The molecule has 2 rings (SSSR count). The molecule has 2 aliphatic carbocycles. The van der Waals surface area contributed by atoms with Crippen molar-refractivity contribution in [2.75, 3.05) is 13.1 Å². The van der Waals surface area contributed by atoms with Crippen molar-refractivity contribution in [2.45, 2.75) is 70.9 Å². The maximum Gasteiger partial charge on any atom is 0.0309 e. The molecule has 0 aromatic rings. The smallest absolute Gasteiger partial charge is 0.0309 e. The van der Waals surface area contributed by atoms with Crippen LogP contribution in [0.15, 0.2) is 0 Å². The minimum Gasteiger partial charge on any atom is -0.329 e. The molecule has 100 valence electrons. The van der Waals surface area contributed by atoms with E-state index in [-0.39, 0.29) is 5.54 Å². The Morgan fingerprint density at radius 3 is 2.24 bits per heavy atom. The maximum atomic E-state index is 6.13. The molecule has 2 N–H and O–H groups in total. The van der Waals surface area contributed by atoms with Gasteiger partial charge >= 0.3 is 0 Å². The lowest BCUT2D eigenvalue weighted by atomic mass is 9.75. The second-order valence-corrected chi connectivity index (χ2v) is 6.98. The van der Waals surface area contributed by atoms with Gasteiger partial charge in [0, 0.05) is 24.7 Å². The first-order valence-corrected chi connectivity index (χ1v) is 7.52. The molecular formula is C15H30N2. The lowest BCUT2D eigenvalue weighted by Crippen LogP contribution is -2.55. The molecule has 0 heterocycles. The molecule has 0 spiro atoms. The topological polar surface area (TPSA) is 29.3 Å². The monoisotopic (exact) mass is 238 g/mol. The van der Waals surface area contributed by atoms with Gasteiger partial charge in [0.25, 0.3) is 0 Å². The van der Waals surface area contributed by atoms with Gasteiger partial charge in [0.2, 0.25) is 0 Å². The van der Waals surface area contributed by atoms with E-state index in [9.17, 15) is 0 Å². The number of nitrogens with two attached hydrogens (primary N) is 1. The van der Waals surface area contributed by atoms with E-state index in [2.05, 4.69) is 25.7 Å². The summed E-state index contributed by atoms with van der Waals surface area (Å²) < 4.78 is 0. The van der Waals surface area contributed by atoms with Crippen molar-refractivity contribution < 1.29 is 0 Å². The summed E-state index contributed by atoms with van der Waals surface area (Å²) >= 11 is 0. The molecule has 2 fully saturated rings. The van der Waals surface area contributed by atoms with E-state index < -0.39 is 0 Å². The molecule has 17 heavy (non-hydrogen) atoms. The fourth-order valence-corrected chi connectivity index (χ4v) is 3.23. The van der Waals surface area contributed by atoms with Crippen molar-refractivity contribution in [1.82, 2.24) is 4.90 Å². The number of rotatable bonds is 7. The highest BCUT2D eigenvalue weighted by Gasteiger charge is 2.42. The predicted molar refractivity (Wildman–Crippen MR) is 74.0 cm³/mol. The summed E-state index contributed by atoms with van der Waals surface area (Å²) in [4.78, 5) is 2.75. The summed E-state index contributed by atoms with van der Waals surface area (Å²) in [5.74, 6) is 1.71. The van der Waals surface area contributed by atoms with E-state index in [0.717, 1.165) is 24.4 Å². The van der Waals surface area contributed by atoms with Crippen LogP contribution in [-0.2, 0) is 0 Å². The third-order valence-corrected chi connectivity index (χ3v) is 4.64. The molecule has 2 heteroatoms. The standard InChI is InChI=1S/C15H30N2/c1-12(2)10-17(14-7-8-14)15(3,11-16)9-13-5-4-6-13/h12-14H,4-11,16H2,1-3H3. The molecule has 2 saturated carbocycles. The van der Waals surface area contributed by atoms with Crippen LogP contribution in [0.5, 0.6) is 0 Å². The molecule has 2 nitrogen and oxygen atoms in total. The van der Waals surface area contributed by atoms with Crippen molar-refractivity contribution in [1.29, 1.82) is 0 Å². The summed E-state index contributed by atoms with van der Waals surface area (Å²) in [6.07, 6.45) is 8.44. The largest absolute Gasteiger partial charge is 0.329 e. The maximum absolute atomic E-state index is 6.13. The minimum absolute atomic E-state index is 0.260. The molecule has 0 aromatic carbocycles. The Kier molecular flexibility index (Phi) is 4.14. The Morgan fingerprint density at radius 2 is 1.88 bits per heavy atom. The Hall–Kier alpha value is -0.0800. The average molecular weight is 238 g/mol. The fourth-order valence-electron chi connectivity index (χ4n) is 3.23. The Labute approximate surface area is 107 Å². The first-order chi connectivity index (χ1) is 8.05. The van der Waals surface area contributed by atoms with Gasteiger partial charge in [-0.05, 0) is 38.0 Å². The predicted octanol–water partition coefficient (Wildman–Crippen LogP) is 3.01. The highest BCUT2D eigenvalue weighted by molar-refractivity contribution is 4.98. The second kappa shape index (κ2) is 5.27. The Balaban J connectivity index is 2.00. The zero-order valence-corrected chi connectivity index (χ0v) is 11.9. The lowest BCUT2D eigenvalue weighted by Gasteiger charge is -2.45. The molecule has 2 aliphatic rings. The van der Waals surface area contributed by atoms with E-state index in [1.807, 2.05) is 0 Å². The number of nitrogens with zero attached hydrogens (tertiary/aromatic N) is 1. The average Bonchev–Trinajstić information content (AvgIpc) is 3.03. The van der Waals surface area contributed by atoms with E-state index in [1.54, 1.807) is 0 Å². The van der Waals surface area contributed by atoms with Crippen LogP contribution in [0.2, 0.25) is 0 Å². The van der Waals surface area contributed by atoms with Gasteiger partial charge in [-0.25, -0.2) is 0 Å². The summed E-state index contributed by atoms with van der Waals surface area (Å²) in [6, 6.07) is 0.839. The normalized spacial score (nSPS) is 25.1. The second-order valence-electron chi connectivity index (χ2n) is 6.98. The van der Waals surface area contributed by atoms with Gasteiger partial charge in [0.05, 0.1) is 0 Å². The van der Waals surface area contributed by atoms with Crippen LogP contribution < -0.4 is 5.73 Å². The van der Waals surface area contributed by atoms with Crippen molar-refractivity contribution in [3.63, 3.8) is 0 Å². The van der Waals surface area contributed by atoms with Crippen LogP contribution in [-0.4, -0.2) is 29.6 Å². The molecule has 1 unspecified atom stereocenters. The summed E-state index contributed by atoms with van der Waals surface area (Å²) in [5, 5.41) is 0. The first-order valence-electron chi connectivity index (χ1n) is 7.52. The van der Waals surface area contributed by atoms with Gasteiger partial charge in [-0.15, -0.1) is 0 Å². The molecule has 1 atom stereocenters. The minimum atomic E-state index is 0.260. The van der Waals surface area contributed by atoms with E-state index in [0.29, 0.717) is 0 Å². The molecule has 0 radical (unpaired) electrons. The van der Waals surface area contributed by atoms with Gasteiger partial charge in [-0.3, -0.25) is 4.90 Å². The SMILES string of the molecule is CC(C)CN(C1CC1)C(C)(CN)CC1CCC1. The van der Waals surface area contributed by atoms with Gasteiger partial charge in [-0.1, -0.05) is 33.1 Å². The fraction of sp³-hybridized carbons (Fsp3) is 1.00. The van der Waals surface area contributed by atoms with Crippen LogP contribution in [0.1, 0.15) is 59.3 Å². The third-order valence-electron chi connectivity index (χ3n) is 4.64. The van der Waals surface area contributed by atoms with Crippen LogP contribution >= 0.6 is 0 Å². The highest BCUT2D eigenvalue weighted by atomic mass is 15.3. The molecule has 0 aromatic heterocycles. The molecule has 0 aliphatic heterocycles. The quantitative estimate of drug-likeness (QED) is 0.739.